The Bertz CT molecular complexity index is 1250. The van der Waals surface area contributed by atoms with Crippen LogP contribution in [-0.2, 0) is 28.6 Å². The van der Waals surface area contributed by atoms with E-state index in [0.29, 0.717) is 19.3 Å². The molecule has 0 aliphatic carbocycles. The molecule has 0 amide bonds. The fourth-order valence-electron chi connectivity index (χ4n) is 8.55. The lowest BCUT2D eigenvalue weighted by Crippen LogP contribution is -2.30. The molecular weight excluding hydrogens is 853 g/mol. The van der Waals surface area contributed by atoms with Crippen molar-refractivity contribution in [1.82, 2.24) is 0 Å². The lowest BCUT2D eigenvalue weighted by molar-refractivity contribution is -0.167. The average Bonchev–Trinajstić information content (AvgIpc) is 3.35. The molecule has 1 unspecified atom stereocenters. The zero-order valence-electron chi connectivity index (χ0n) is 45.8. The van der Waals surface area contributed by atoms with Crippen LogP contribution in [0, 0.1) is 0 Å². The van der Waals surface area contributed by atoms with E-state index in [1.54, 1.807) is 0 Å². The fourth-order valence-corrected chi connectivity index (χ4v) is 8.55. The summed E-state index contributed by atoms with van der Waals surface area (Å²) in [5.41, 5.74) is 0. The van der Waals surface area contributed by atoms with Gasteiger partial charge in [0.1, 0.15) is 13.2 Å². The molecule has 0 heterocycles. The molecule has 0 radical (unpaired) electrons. The van der Waals surface area contributed by atoms with Crippen molar-refractivity contribution < 1.29 is 28.6 Å². The van der Waals surface area contributed by atoms with Crippen molar-refractivity contribution in [3.05, 3.63) is 60.8 Å². The third-order valence-electron chi connectivity index (χ3n) is 13.0. The number of hydrogen-bond donors (Lipinski definition) is 0. The van der Waals surface area contributed by atoms with Crippen LogP contribution in [0.15, 0.2) is 60.8 Å². The molecule has 0 aromatic carbocycles. The van der Waals surface area contributed by atoms with Crippen LogP contribution in [0.4, 0.5) is 0 Å². The average molecular weight is 966 g/mol. The molecule has 0 aliphatic heterocycles. The molecule has 69 heavy (non-hydrogen) atoms. The number of hydrogen-bond acceptors (Lipinski definition) is 6. The molecule has 0 fully saturated rings. The Labute approximate surface area is 428 Å². The van der Waals surface area contributed by atoms with Crippen LogP contribution in [0.2, 0.25) is 0 Å². The highest BCUT2D eigenvalue weighted by atomic mass is 16.6. The van der Waals surface area contributed by atoms with Crippen molar-refractivity contribution in [2.75, 3.05) is 13.2 Å². The summed E-state index contributed by atoms with van der Waals surface area (Å²) in [6.45, 7) is 6.53. The van der Waals surface area contributed by atoms with E-state index in [-0.39, 0.29) is 31.1 Å². The van der Waals surface area contributed by atoms with Crippen LogP contribution in [0.25, 0.3) is 0 Å². The molecule has 0 spiro atoms. The highest BCUT2D eigenvalue weighted by molar-refractivity contribution is 5.71. The molecule has 0 aromatic rings. The second-order valence-electron chi connectivity index (χ2n) is 19.9. The minimum absolute atomic E-state index is 0.0738. The van der Waals surface area contributed by atoms with E-state index in [2.05, 4.69) is 81.5 Å². The first-order valence-electron chi connectivity index (χ1n) is 29.8. The number of unbranched alkanes of at least 4 members (excludes halogenated alkanes) is 33. The van der Waals surface area contributed by atoms with Gasteiger partial charge in [-0.2, -0.15) is 0 Å². The van der Waals surface area contributed by atoms with Crippen LogP contribution in [0.3, 0.4) is 0 Å². The summed E-state index contributed by atoms with van der Waals surface area (Å²) in [4.78, 5) is 38.1. The SMILES string of the molecule is CC/C=C\C/C=C\C/C=C\C/C=C\CCCCCCCCCCCCCCCCC(=O)OCC(COC(=O)CCCCCCCCCCCC)OC(=O)CCCCCCC/C=C\CCCCCCC. The van der Waals surface area contributed by atoms with Crippen LogP contribution < -0.4 is 0 Å². The van der Waals surface area contributed by atoms with Crippen molar-refractivity contribution in [3.63, 3.8) is 0 Å². The standard InChI is InChI=1S/C63H112O6/c1-4-7-10-13-16-19-22-24-26-27-28-29-30-31-32-33-34-35-36-37-38-40-41-44-47-50-53-56-62(65)68-59-60(58-67-61(64)55-52-49-46-43-21-18-15-12-9-6-3)69-63(66)57-54-51-48-45-42-39-25-23-20-17-14-11-8-5-2/h7,10,16,19,23-26,28-29,60H,4-6,8-9,11-15,17-18,20-22,27,30-59H2,1-3H3/b10-7-,19-16-,25-23-,26-24-,29-28-. The summed E-state index contributed by atoms with van der Waals surface area (Å²) < 4.78 is 16.8. The van der Waals surface area contributed by atoms with Gasteiger partial charge in [0.2, 0.25) is 0 Å². The predicted molar refractivity (Wildman–Crippen MR) is 298 cm³/mol. The number of carbonyl (C=O) groups excluding carboxylic acids is 3. The maximum Gasteiger partial charge on any atom is 0.306 e. The van der Waals surface area contributed by atoms with E-state index < -0.39 is 6.10 Å². The molecule has 0 bridgehead atoms. The Morgan fingerprint density at radius 1 is 0.304 bits per heavy atom. The fraction of sp³-hybridized carbons (Fsp3) is 0.794. The Morgan fingerprint density at radius 2 is 0.565 bits per heavy atom. The van der Waals surface area contributed by atoms with Gasteiger partial charge in [0, 0.05) is 19.3 Å². The maximum absolute atomic E-state index is 12.8. The minimum atomic E-state index is -0.774. The third kappa shape index (κ3) is 55.9. The molecule has 0 aromatic heterocycles. The van der Waals surface area contributed by atoms with Gasteiger partial charge in [0.25, 0.3) is 0 Å². The van der Waals surface area contributed by atoms with Crippen LogP contribution in [0.1, 0.15) is 303 Å². The zero-order valence-corrected chi connectivity index (χ0v) is 45.8. The Balaban J connectivity index is 4.17. The lowest BCUT2D eigenvalue weighted by Gasteiger charge is -2.18. The first-order chi connectivity index (χ1) is 34.0. The van der Waals surface area contributed by atoms with E-state index in [0.717, 1.165) is 89.9 Å². The van der Waals surface area contributed by atoms with Gasteiger partial charge in [-0.25, -0.2) is 0 Å². The van der Waals surface area contributed by atoms with Gasteiger partial charge >= 0.3 is 17.9 Å². The van der Waals surface area contributed by atoms with E-state index >= 15 is 0 Å². The smallest absolute Gasteiger partial charge is 0.306 e. The monoisotopic (exact) mass is 965 g/mol. The summed E-state index contributed by atoms with van der Waals surface area (Å²) in [5, 5.41) is 0. The predicted octanol–water partition coefficient (Wildman–Crippen LogP) is 20.0. The quantitative estimate of drug-likeness (QED) is 0.0262. The van der Waals surface area contributed by atoms with Crippen LogP contribution in [0.5, 0.6) is 0 Å². The molecule has 1 atom stereocenters. The van der Waals surface area contributed by atoms with Crippen molar-refractivity contribution in [3.8, 4) is 0 Å². The maximum atomic E-state index is 12.8. The normalized spacial score (nSPS) is 12.4. The van der Waals surface area contributed by atoms with Gasteiger partial charge in [0.05, 0.1) is 0 Å². The first kappa shape index (κ1) is 66.1. The van der Waals surface area contributed by atoms with E-state index in [1.165, 1.54) is 173 Å². The van der Waals surface area contributed by atoms with Gasteiger partial charge in [-0.15, -0.1) is 0 Å². The highest BCUT2D eigenvalue weighted by Crippen LogP contribution is 2.16. The number of ether oxygens (including phenoxy) is 3. The lowest BCUT2D eigenvalue weighted by atomic mass is 10.0. The molecule has 6 heteroatoms. The first-order valence-corrected chi connectivity index (χ1v) is 29.8. The molecule has 0 saturated heterocycles. The van der Waals surface area contributed by atoms with Crippen molar-refractivity contribution in [2.24, 2.45) is 0 Å². The number of allylic oxidation sites excluding steroid dienone is 10. The summed E-state index contributed by atoms with van der Waals surface area (Å²) in [5.74, 6) is -0.872. The molecule has 6 nitrogen and oxygen atoms in total. The largest absolute Gasteiger partial charge is 0.462 e. The zero-order chi connectivity index (χ0) is 50.0. The second-order valence-corrected chi connectivity index (χ2v) is 19.9. The van der Waals surface area contributed by atoms with Gasteiger partial charge in [-0.1, -0.05) is 261 Å². The minimum Gasteiger partial charge on any atom is -0.462 e. The Morgan fingerprint density at radius 3 is 0.899 bits per heavy atom. The van der Waals surface area contributed by atoms with E-state index in [1.807, 2.05) is 0 Å². The molecule has 0 saturated carbocycles. The van der Waals surface area contributed by atoms with Gasteiger partial charge < -0.3 is 14.2 Å². The van der Waals surface area contributed by atoms with Crippen LogP contribution in [-0.4, -0.2) is 37.2 Å². The van der Waals surface area contributed by atoms with E-state index in [4.69, 9.17) is 14.2 Å². The van der Waals surface area contributed by atoms with Gasteiger partial charge in [0.15, 0.2) is 6.10 Å². The Kier molecular flexibility index (Phi) is 55.3. The highest BCUT2D eigenvalue weighted by Gasteiger charge is 2.19. The van der Waals surface area contributed by atoms with E-state index in [9.17, 15) is 14.4 Å². The number of rotatable bonds is 54. The Hall–Kier alpha value is -2.89. The molecule has 400 valence electrons. The van der Waals surface area contributed by atoms with Gasteiger partial charge in [-0.3, -0.25) is 14.4 Å². The topological polar surface area (TPSA) is 78.9 Å². The molecule has 0 aliphatic rings. The molecular formula is C63H112O6. The van der Waals surface area contributed by atoms with Crippen molar-refractivity contribution in [1.29, 1.82) is 0 Å². The number of carbonyl (C=O) groups is 3. The van der Waals surface area contributed by atoms with Crippen molar-refractivity contribution >= 4 is 17.9 Å². The molecule has 0 N–H and O–H groups in total. The summed E-state index contributed by atoms with van der Waals surface area (Å²) in [7, 11) is 0. The van der Waals surface area contributed by atoms with Crippen molar-refractivity contribution in [2.45, 2.75) is 309 Å². The molecule has 0 rings (SSSR count). The summed E-state index contributed by atoms with van der Waals surface area (Å²) >= 11 is 0. The number of esters is 3. The van der Waals surface area contributed by atoms with Gasteiger partial charge in [-0.05, 0) is 83.5 Å². The summed E-state index contributed by atoms with van der Waals surface area (Å²) in [6, 6.07) is 0. The third-order valence-corrected chi connectivity index (χ3v) is 13.0. The van der Waals surface area contributed by atoms with Crippen LogP contribution >= 0.6 is 0 Å². The second kappa shape index (κ2) is 57.7. The summed E-state index contributed by atoms with van der Waals surface area (Å²) in [6.07, 6.45) is 72.3.